The van der Waals surface area contributed by atoms with Gasteiger partial charge in [-0.1, -0.05) is 71.0 Å². The smallest absolute Gasteiger partial charge is 0.309 e. The molecule has 0 radical (unpaired) electrons. The first-order chi connectivity index (χ1) is 21.4. The molecular weight excluding hydrogens is 564 g/mol. The topological polar surface area (TPSA) is 114 Å². The van der Waals surface area contributed by atoms with E-state index in [0.717, 1.165) is 34.1 Å². The predicted molar refractivity (Wildman–Crippen MR) is 161 cm³/mol. The molecule has 4 aromatic carbocycles. The van der Waals surface area contributed by atoms with Crippen LogP contribution in [-0.2, 0) is 28.7 Å². The van der Waals surface area contributed by atoms with Gasteiger partial charge in [0.15, 0.2) is 12.2 Å². The Kier molecular flexibility index (Phi) is 9.83. The molecule has 6 rings (SSSR count). The van der Waals surface area contributed by atoms with Crippen molar-refractivity contribution in [3.63, 3.8) is 0 Å². The van der Waals surface area contributed by atoms with Crippen LogP contribution in [0.4, 0.5) is 0 Å². The summed E-state index contributed by atoms with van der Waals surface area (Å²) in [5.74, 6) is 2.89. The highest BCUT2D eigenvalue weighted by Gasteiger charge is 2.26. The quantitative estimate of drug-likeness (QED) is 0.209. The van der Waals surface area contributed by atoms with Crippen molar-refractivity contribution in [2.75, 3.05) is 0 Å². The molecule has 0 aromatic heterocycles. The Morgan fingerprint density at radius 1 is 0.545 bits per heavy atom. The molecule has 0 aliphatic carbocycles. The van der Waals surface area contributed by atoms with E-state index < -0.39 is 11.9 Å². The second-order valence-corrected chi connectivity index (χ2v) is 9.72. The standard InChI is InChI=1S/2C17H15NO4/c2*1-12(19)20-17-11-16(22-18-17)13-7-9-15(10-8-13)21-14-5-3-2-4-6-14/h2*2-10,16H,11H2,1H3/t2*16-/m10/s1. The number of oxime groups is 2. The zero-order chi connectivity index (χ0) is 30.7. The highest BCUT2D eigenvalue weighted by Crippen LogP contribution is 2.31. The van der Waals surface area contributed by atoms with Crippen molar-refractivity contribution in [2.24, 2.45) is 10.3 Å². The number of esters is 2. The minimum atomic E-state index is -0.394. The zero-order valence-corrected chi connectivity index (χ0v) is 24.1. The number of nitrogens with zero attached hydrogens (tertiary/aromatic N) is 2. The first-order valence-electron chi connectivity index (χ1n) is 13.9. The van der Waals surface area contributed by atoms with Crippen molar-refractivity contribution in [2.45, 2.75) is 38.9 Å². The highest BCUT2D eigenvalue weighted by molar-refractivity contribution is 5.89. The Hall–Kier alpha value is -5.64. The van der Waals surface area contributed by atoms with Crippen molar-refractivity contribution >= 4 is 23.7 Å². The average molecular weight is 595 g/mol. The molecule has 0 unspecified atom stereocenters. The van der Waals surface area contributed by atoms with Gasteiger partial charge in [0.25, 0.3) is 0 Å². The molecule has 2 aliphatic heterocycles. The highest BCUT2D eigenvalue weighted by atomic mass is 16.7. The van der Waals surface area contributed by atoms with Gasteiger partial charge in [-0.05, 0) is 59.7 Å². The third-order valence-corrected chi connectivity index (χ3v) is 6.27. The minimum absolute atomic E-state index is 0.236. The van der Waals surface area contributed by atoms with Gasteiger partial charge in [-0.15, -0.1) is 0 Å². The molecule has 0 N–H and O–H groups in total. The summed E-state index contributed by atoms with van der Waals surface area (Å²) in [6.07, 6.45) is 0.414. The fourth-order valence-corrected chi connectivity index (χ4v) is 4.27. The molecular formula is C34H30N2O8. The van der Waals surface area contributed by atoms with Crippen molar-refractivity contribution in [1.29, 1.82) is 0 Å². The molecule has 44 heavy (non-hydrogen) atoms. The lowest BCUT2D eigenvalue weighted by Gasteiger charge is -2.10. The predicted octanol–water partition coefficient (Wildman–Crippen LogP) is 7.63. The molecule has 0 fully saturated rings. The summed E-state index contributed by atoms with van der Waals surface area (Å²) >= 11 is 0. The van der Waals surface area contributed by atoms with Crippen molar-refractivity contribution in [3.8, 4) is 23.0 Å². The van der Waals surface area contributed by atoms with Crippen LogP contribution in [0.15, 0.2) is 120 Å². The van der Waals surface area contributed by atoms with Crippen LogP contribution in [-0.4, -0.2) is 23.7 Å². The summed E-state index contributed by atoms with van der Waals surface area (Å²) in [5, 5.41) is 7.53. The number of benzene rings is 4. The van der Waals surface area contributed by atoms with E-state index in [-0.39, 0.29) is 12.2 Å². The maximum absolute atomic E-state index is 10.9. The van der Waals surface area contributed by atoms with Crippen molar-refractivity contribution < 1.29 is 38.2 Å². The lowest BCUT2D eigenvalue weighted by molar-refractivity contribution is -0.134. The average Bonchev–Trinajstić information content (AvgIpc) is 3.69. The monoisotopic (exact) mass is 594 g/mol. The van der Waals surface area contributed by atoms with Crippen LogP contribution < -0.4 is 9.47 Å². The number of para-hydroxylation sites is 2. The molecule has 0 saturated carbocycles. The zero-order valence-electron chi connectivity index (χ0n) is 24.1. The molecule has 0 bridgehead atoms. The summed E-state index contributed by atoms with van der Waals surface area (Å²) in [5.41, 5.74) is 1.90. The van der Waals surface area contributed by atoms with Gasteiger partial charge in [0.1, 0.15) is 23.0 Å². The third kappa shape index (κ3) is 8.68. The number of rotatable bonds is 6. The second kappa shape index (κ2) is 14.5. The van der Waals surface area contributed by atoms with Crippen LogP contribution in [0.2, 0.25) is 0 Å². The fourth-order valence-electron chi connectivity index (χ4n) is 4.27. The first-order valence-corrected chi connectivity index (χ1v) is 13.9. The lowest BCUT2D eigenvalue weighted by Crippen LogP contribution is -2.08. The van der Waals surface area contributed by atoms with Crippen molar-refractivity contribution in [1.82, 2.24) is 0 Å². The molecule has 224 valence electrons. The van der Waals surface area contributed by atoms with Gasteiger partial charge in [0.05, 0.1) is 12.8 Å². The van der Waals surface area contributed by atoms with Gasteiger partial charge in [-0.2, -0.15) is 0 Å². The van der Waals surface area contributed by atoms with Crippen LogP contribution >= 0.6 is 0 Å². The van der Waals surface area contributed by atoms with Crippen LogP contribution in [0.25, 0.3) is 0 Å². The molecule has 10 heteroatoms. The number of ether oxygens (including phenoxy) is 4. The van der Waals surface area contributed by atoms with Crippen LogP contribution in [0, 0.1) is 0 Å². The Morgan fingerprint density at radius 2 is 0.886 bits per heavy atom. The van der Waals surface area contributed by atoms with E-state index in [1.807, 2.05) is 109 Å². The summed E-state index contributed by atoms with van der Waals surface area (Å²) in [6, 6.07) is 34.3. The summed E-state index contributed by atoms with van der Waals surface area (Å²) < 4.78 is 21.3. The van der Waals surface area contributed by atoms with Gasteiger partial charge < -0.3 is 28.6 Å². The van der Waals surface area contributed by atoms with E-state index in [2.05, 4.69) is 10.3 Å². The number of hydrogen-bond donors (Lipinski definition) is 0. The van der Waals surface area contributed by atoms with Gasteiger partial charge in [-0.3, -0.25) is 9.59 Å². The van der Waals surface area contributed by atoms with Crippen molar-refractivity contribution in [3.05, 3.63) is 120 Å². The molecule has 0 amide bonds. The van der Waals surface area contributed by atoms with Crippen LogP contribution in [0.1, 0.15) is 50.0 Å². The minimum Gasteiger partial charge on any atom is -0.457 e. The third-order valence-electron chi connectivity index (χ3n) is 6.27. The van der Waals surface area contributed by atoms with Gasteiger partial charge in [0.2, 0.25) is 11.8 Å². The molecule has 0 spiro atoms. The molecule has 2 aliphatic rings. The Labute approximate surface area is 254 Å². The Balaban J connectivity index is 0.000000175. The van der Waals surface area contributed by atoms with Gasteiger partial charge >= 0.3 is 11.9 Å². The molecule has 0 saturated heterocycles. The van der Waals surface area contributed by atoms with Crippen LogP contribution in [0.5, 0.6) is 23.0 Å². The normalized spacial score (nSPS) is 16.6. The van der Waals surface area contributed by atoms with E-state index in [4.69, 9.17) is 28.6 Å². The lowest BCUT2D eigenvalue weighted by atomic mass is 10.1. The first kappa shape index (κ1) is 29.8. The SMILES string of the molecule is CC(=O)OC1=NO[C@@H](c2ccc(Oc3ccccc3)cc2)C1.CC(=O)OC1=NO[C@H](c2ccc(Oc3ccccc3)cc2)C1. The van der Waals surface area contributed by atoms with E-state index in [1.54, 1.807) is 0 Å². The number of hydrogen-bond acceptors (Lipinski definition) is 10. The van der Waals surface area contributed by atoms with E-state index in [9.17, 15) is 9.59 Å². The summed E-state index contributed by atoms with van der Waals surface area (Å²) in [6.45, 7) is 2.68. The summed E-state index contributed by atoms with van der Waals surface area (Å²) in [7, 11) is 0. The van der Waals surface area contributed by atoms with Gasteiger partial charge in [-0.25, -0.2) is 0 Å². The maximum Gasteiger partial charge on any atom is 0.309 e. The molecule has 2 atom stereocenters. The van der Waals surface area contributed by atoms with E-state index in [0.29, 0.717) is 24.6 Å². The van der Waals surface area contributed by atoms with Gasteiger partial charge in [0, 0.05) is 13.8 Å². The molecule has 10 nitrogen and oxygen atoms in total. The second-order valence-electron chi connectivity index (χ2n) is 9.72. The summed E-state index contributed by atoms with van der Waals surface area (Å²) in [4.78, 5) is 32.3. The number of carbonyl (C=O) groups excluding carboxylic acids is 2. The number of carbonyl (C=O) groups is 2. The Bertz CT molecular complexity index is 1480. The largest absolute Gasteiger partial charge is 0.457 e. The molecule has 4 aromatic rings. The molecule has 2 heterocycles. The fraction of sp³-hybridized carbons (Fsp3) is 0.176. The Morgan fingerprint density at radius 3 is 1.23 bits per heavy atom. The van der Waals surface area contributed by atoms with E-state index >= 15 is 0 Å². The van der Waals surface area contributed by atoms with Crippen LogP contribution in [0.3, 0.4) is 0 Å². The maximum atomic E-state index is 10.9. The van der Waals surface area contributed by atoms with E-state index in [1.165, 1.54) is 13.8 Å².